The lowest BCUT2D eigenvalue weighted by molar-refractivity contribution is -0.192. The van der Waals surface area contributed by atoms with Crippen molar-refractivity contribution in [2.45, 2.75) is 26.4 Å². The largest absolute Gasteiger partial charge is 0.490 e. The van der Waals surface area contributed by atoms with Crippen LogP contribution in [0.5, 0.6) is 0 Å². The van der Waals surface area contributed by atoms with Gasteiger partial charge in [0.1, 0.15) is 5.84 Å². The molecule has 0 radical (unpaired) electrons. The second kappa shape index (κ2) is 14.0. The number of nitrogens with one attached hydrogen (secondary N) is 2. The molecule has 1 heterocycles. The topological polar surface area (TPSA) is 129 Å². The molecular formula is C33H30ClF3N4O3. The predicted octanol–water partition coefficient (Wildman–Crippen LogP) is 7.84. The Labute approximate surface area is 257 Å². The summed E-state index contributed by atoms with van der Waals surface area (Å²) in [5.74, 6) is -2.35. The van der Waals surface area contributed by atoms with Crippen molar-refractivity contribution in [1.29, 1.82) is 5.41 Å². The Kier molecular flexibility index (Phi) is 10.7. The highest BCUT2D eigenvalue weighted by molar-refractivity contribution is 6.08. The first-order valence-electron chi connectivity index (χ1n) is 13.3. The van der Waals surface area contributed by atoms with Gasteiger partial charge in [-0.1, -0.05) is 62.4 Å². The number of carbonyl (C=O) groups excluding carboxylic acids is 1. The van der Waals surface area contributed by atoms with E-state index in [-0.39, 0.29) is 24.1 Å². The van der Waals surface area contributed by atoms with Gasteiger partial charge in [-0.15, -0.1) is 12.4 Å². The highest BCUT2D eigenvalue weighted by atomic mass is 35.5. The van der Waals surface area contributed by atoms with Gasteiger partial charge in [0.15, 0.2) is 0 Å². The lowest BCUT2D eigenvalue weighted by atomic mass is 9.95. The zero-order chi connectivity index (χ0) is 31.3. The first-order valence-corrected chi connectivity index (χ1v) is 13.3. The number of halogens is 4. The van der Waals surface area contributed by atoms with E-state index in [9.17, 15) is 18.0 Å². The predicted molar refractivity (Wildman–Crippen MR) is 170 cm³/mol. The van der Waals surface area contributed by atoms with Gasteiger partial charge in [-0.3, -0.25) is 15.2 Å². The fraction of sp³-hybridized carbons (Fsp3) is 0.152. The summed E-state index contributed by atoms with van der Waals surface area (Å²) in [6, 6.07) is 27.4. The third-order valence-electron chi connectivity index (χ3n) is 6.56. The summed E-state index contributed by atoms with van der Waals surface area (Å²) in [6.07, 6.45) is -2.20. The van der Waals surface area contributed by atoms with Crippen molar-refractivity contribution in [3.8, 4) is 11.3 Å². The van der Waals surface area contributed by atoms with Gasteiger partial charge in [-0.05, 0) is 70.5 Å². The highest BCUT2D eigenvalue weighted by Crippen LogP contribution is 2.28. The summed E-state index contributed by atoms with van der Waals surface area (Å²) in [5, 5.41) is 21.7. The molecule has 0 aliphatic rings. The van der Waals surface area contributed by atoms with Crippen LogP contribution in [0.25, 0.3) is 32.8 Å². The molecule has 1 amide bonds. The summed E-state index contributed by atoms with van der Waals surface area (Å²) in [5.41, 5.74) is 10.9. The van der Waals surface area contributed by atoms with Crippen LogP contribution in [0.3, 0.4) is 0 Å². The fourth-order valence-corrected chi connectivity index (χ4v) is 4.51. The maximum Gasteiger partial charge on any atom is 0.490 e. The molecule has 4 aromatic carbocycles. The van der Waals surface area contributed by atoms with Crippen LogP contribution in [0.15, 0.2) is 91.1 Å². The lowest BCUT2D eigenvalue weighted by Crippen LogP contribution is -2.21. The summed E-state index contributed by atoms with van der Waals surface area (Å²) in [7, 11) is 0. The Morgan fingerprint density at radius 3 is 2.09 bits per heavy atom. The van der Waals surface area contributed by atoms with Crippen molar-refractivity contribution in [1.82, 2.24) is 4.98 Å². The Morgan fingerprint density at radius 2 is 1.48 bits per heavy atom. The van der Waals surface area contributed by atoms with Crippen LogP contribution in [-0.2, 0) is 11.2 Å². The van der Waals surface area contributed by atoms with E-state index in [4.69, 9.17) is 26.0 Å². The summed E-state index contributed by atoms with van der Waals surface area (Å²) < 4.78 is 31.7. The first-order chi connectivity index (χ1) is 20.3. The van der Waals surface area contributed by atoms with E-state index in [0.29, 0.717) is 17.0 Å². The van der Waals surface area contributed by atoms with E-state index in [1.165, 1.54) is 5.56 Å². The molecule has 1 aromatic heterocycles. The first kappa shape index (κ1) is 33.5. The number of benzene rings is 4. The molecule has 5 aromatic rings. The van der Waals surface area contributed by atoms with Gasteiger partial charge < -0.3 is 16.2 Å². The number of nitrogens with two attached hydrogens (primary N) is 1. The van der Waals surface area contributed by atoms with E-state index < -0.39 is 12.1 Å². The van der Waals surface area contributed by atoms with E-state index >= 15 is 0 Å². The number of carboxylic acid groups (broad SMARTS) is 1. The Balaban J connectivity index is 0.000000594. The summed E-state index contributed by atoms with van der Waals surface area (Å²) >= 11 is 0. The lowest BCUT2D eigenvalue weighted by Gasteiger charge is -2.12. The number of aliphatic carboxylic acids is 1. The molecule has 5 N–H and O–H groups in total. The molecule has 0 aliphatic heterocycles. The quantitative estimate of drug-likeness (QED) is 0.113. The zero-order valence-electron chi connectivity index (χ0n) is 23.8. The SMILES string of the molecule is CC(C)Cc1ccccc1-c1cc2cc(NC(=O)c3ccc4cc(C(=N)N)ccc4c3)ccc2cn1.Cl.O=C(O)C(F)(F)F. The summed E-state index contributed by atoms with van der Waals surface area (Å²) in [4.78, 5) is 26.6. The number of carbonyl (C=O) groups is 2. The van der Waals surface area contributed by atoms with Crippen molar-refractivity contribution in [2.75, 3.05) is 5.32 Å². The van der Waals surface area contributed by atoms with Crippen LogP contribution in [0.2, 0.25) is 0 Å². The zero-order valence-corrected chi connectivity index (χ0v) is 24.6. The van der Waals surface area contributed by atoms with Gasteiger partial charge in [0.25, 0.3) is 5.91 Å². The van der Waals surface area contributed by atoms with Crippen LogP contribution < -0.4 is 11.1 Å². The molecule has 5 rings (SSSR count). The number of nitrogen functional groups attached to an aromatic ring is 1. The minimum atomic E-state index is -5.08. The second-order valence-electron chi connectivity index (χ2n) is 10.3. The Hall–Kier alpha value is -4.96. The normalized spacial score (nSPS) is 11.0. The van der Waals surface area contributed by atoms with E-state index in [1.54, 1.807) is 12.1 Å². The molecule has 0 spiro atoms. The van der Waals surface area contributed by atoms with Crippen molar-refractivity contribution >= 4 is 57.4 Å². The molecule has 0 atom stereocenters. The third kappa shape index (κ3) is 8.32. The minimum Gasteiger partial charge on any atom is -0.475 e. The van der Waals surface area contributed by atoms with E-state index in [1.807, 2.05) is 54.7 Å². The average Bonchev–Trinajstić information content (AvgIpc) is 2.96. The number of amidine groups is 1. The number of nitrogens with zero attached hydrogens (tertiary/aromatic N) is 1. The van der Waals surface area contributed by atoms with Crippen LogP contribution >= 0.6 is 12.4 Å². The van der Waals surface area contributed by atoms with Crippen LogP contribution in [-0.4, -0.2) is 34.0 Å². The molecule has 0 fully saturated rings. The molecule has 0 aliphatic carbocycles. The number of hydrogen-bond donors (Lipinski definition) is 4. The number of anilines is 1. The second-order valence-corrected chi connectivity index (χ2v) is 10.3. The van der Waals surface area contributed by atoms with Crippen molar-refractivity contribution in [3.63, 3.8) is 0 Å². The number of amides is 1. The minimum absolute atomic E-state index is 0. The molecule has 0 bridgehead atoms. The average molecular weight is 623 g/mol. The fourth-order valence-electron chi connectivity index (χ4n) is 4.51. The number of hydrogen-bond acceptors (Lipinski definition) is 4. The van der Waals surface area contributed by atoms with Crippen molar-refractivity contribution < 1.29 is 27.9 Å². The maximum atomic E-state index is 13.0. The number of rotatable bonds is 6. The third-order valence-corrected chi connectivity index (χ3v) is 6.56. The monoisotopic (exact) mass is 622 g/mol. The Morgan fingerprint density at radius 1 is 0.886 bits per heavy atom. The van der Waals surface area contributed by atoms with Crippen molar-refractivity contribution in [3.05, 3.63) is 108 Å². The molecule has 11 heteroatoms. The Bertz CT molecular complexity index is 1840. The molecule has 44 heavy (non-hydrogen) atoms. The molecular weight excluding hydrogens is 593 g/mol. The van der Waals surface area contributed by atoms with Crippen LogP contribution in [0, 0.1) is 11.3 Å². The van der Waals surface area contributed by atoms with Crippen LogP contribution in [0.4, 0.5) is 18.9 Å². The van der Waals surface area contributed by atoms with E-state index in [0.717, 1.165) is 44.9 Å². The van der Waals surface area contributed by atoms with Gasteiger partial charge in [0.05, 0.1) is 5.69 Å². The van der Waals surface area contributed by atoms with Gasteiger partial charge in [-0.2, -0.15) is 13.2 Å². The smallest absolute Gasteiger partial charge is 0.475 e. The maximum absolute atomic E-state index is 13.0. The number of alkyl halides is 3. The molecule has 0 saturated heterocycles. The highest BCUT2D eigenvalue weighted by Gasteiger charge is 2.38. The van der Waals surface area contributed by atoms with Gasteiger partial charge in [0.2, 0.25) is 0 Å². The number of aromatic nitrogens is 1. The standard InChI is InChI=1S/C31H28N4O.C2HF3O2.ClH/c1-19(2)13-22-5-3-4-6-28(22)29-17-26-16-27(12-11-25(26)18-34-29)35-31(36)24-10-8-20-14-23(30(32)33)9-7-21(20)15-24;3-2(4,5)1(6)7;/h3-12,14-19H,13H2,1-2H3,(H3,32,33)(H,35,36);(H,6,7);1H. The molecule has 0 saturated carbocycles. The molecule has 228 valence electrons. The van der Waals surface area contributed by atoms with Gasteiger partial charge in [0, 0.05) is 34.0 Å². The van der Waals surface area contributed by atoms with E-state index in [2.05, 4.69) is 43.4 Å². The number of fused-ring (bicyclic) bond motifs is 2. The molecule has 7 nitrogen and oxygen atoms in total. The molecule has 0 unspecified atom stereocenters. The van der Waals surface area contributed by atoms with Crippen LogP contribution in [0.1, 0.15) is 35.3 Å². The van der Waals surface area contributed by atoms with Gasteiger partial charge in [-0.25, -0.2) is 4.79 Å². The number of pyridine rings is 1. The van der Waals surface area contributed by atoms with Crippen molar-refractivity contribution in [2.24, 2.45) is 11.7 Å². The number of carboxylic acids is 1. The van der Waals surface area contributed by atoms with Gasteiger partial charge >= 0.3 is 12.1 Å². The summed E-state index contributed by atoms with van der Waals surface area (Å²) in [6.45, 7) is 4.44.